The first kappa shape index (κ1) is 14.6. The average molecular weight is 328 g/mol. The van der Waals surface area contributed by atoms with Crippen molar-refractivity contribution < 1.29 is 4.79 Å². The van der Waals surface area contributed by atoms with Crippen molar-refractivity contribution in [3.05, 3.63) is 16.4 Å². The molecule has 2 atom stereocenters. The zero-order valence-corrected chi connectivity index (χ0v) is 13.5. The highest BCUT2D eigenvalue weighted by molar-refractivity contribution is 9.10. The molecule has 1 aromatic heterocycles. The predicted octanol–water partition coefficient (Wildman–Crippen LogP) is 3.31. The first-order valence-corrected chi connectivity index (χ1v) is 7.85. The molecule has 0 bridgehead atoms. The van der Waals surface area contributed by atoms with Crippen LogP contribution in [0.25, 0.3) is 0 Å². The molecule has 0 aliphatic carbocycles. The molecule has 0 aromatic carbocycles. The fraction of sp³-hybridized carbons (Fsp3) is 0.714. The predicted molar refractivity (Wildman–Crippen MR) is 79.0 cm³/mol. The van der Waals surface area contributed by atoms with Crippen molar-refractivity contribution in [2.45, 2.75) is 58.5 Å². The van der Waals surface area contributed by atoms with E-state index in [2.05, 4.69) is 32.9 Å². The molecule has 1 aliphatic rings. The lowest BCUT2D eigenvalue weighted by molar-refractivity contribution is -0.138. The Balaban J connectivity index is 2.16. The Hall–Kier alpha value is -0.840. The lowest BCUT2D eigenvalue weighted by Crippen LogP contribution is -2.46. The minimum Gasteiger partial charge on any atom is -0.338 e. The second kappa shape index (κ2) is 6.07. The molecule has 2 heterocycles. The van der Waals surface area contributed by atoms with Crippen molar-refractivity contribution in [3.63, 3.8) is 0 Å². The van der Waals surface area contributed by atoms with Gasteiger partial charge in [-0.15, -0.1) is 0 Å². The van der Waals surface area contributed by atoms with Crippen LogP contribution in [0.2, 0.25) is 0 Å². The topological polar surface area (TPSA) is 38.1 Å². The summed E-state index contributed by atoms with van der Waals surface area (Å²) in [5.41, 5.74) is 1.01. The lowest BCUT2D eigenvalue weighted by Gasteiger charge is -2.37. The number of rotatable bonds is 3. The Morgan fingerprint density at radius 2 is 2.32 bits per heavy atom. The lowest BCUT2D eigenvalue weighted by atomic mass is 9.99. The summed E-state index contributed by atoms with van der Waals surface area (Å²) in [5, 5.41) is 4.30. The van der Waals surface area contributed by atoms with E-state index < -0.39 is 0 Å². The number of carbonyl (C=O) groups excluding carboxylic acids is 1. The van der Waals surface area contributed by atoms with Gasteiger partial charge in [-0.25, -0.2) is 0 Å². The van der Waals surface area contributed by atoms with Gasteiger partial charge < -0.3 is 4.90 Å². The third-order valence-corrected chi connectivity index (χ3v) is 4.87. The fourth-order valence-corrected chi connectivity index (χ4v) is 3.13. The van der Waals surface area contributed by atoms with Gasteiger partial charge in [0.1, 0.15) is 6.04 Å². The van der Waals surface area contributed by atoms with Crippen LogP contribution < -0.4 is 0 Å². The van der Waals surface area contributed by atoms with Crippen LogP contribution in [0.15, 0.2) is 10.7 Å². The molecule has 1 aliphatic heterocycles. The number of likely N-dealkylation sites (tertiary alicyclic amines) is 1. The van der Waals surface area contributed by atoms with Crippen molar-refractivity contribution >= 4 is 21.8 Å². The largest absolute Gasteiger partial charge is 0.338 e. The summed E-state index contributed by atoms with van der Waals surface area (Å²) in [6.07, 6.45) is 6.30. The molecule has 4 nitrogen and oxygen atoms in total. The first-order valence-electron chi connectivity index (χ1n) is 7.06. The van der Waals surface area contributed by atoms with E-state index in [9.17, 15) is 4.79 Å². The van der Waals surface area contributed by atoms with Crippen LogP contribution in [0.4, 0.5) is 0 Å². The Morgan fingerprint density at radius 3 is 2.89 bits per heavy atom. The standard InChI is InChI=1S/C14H22BrN3O/c1-4-12-7-5-6-8-17(12)14(19)11(3)18-10(2)13(15)9-16-18/h9,11-12H,4-8H2,1-3H3/t11-,12+/m0/s1. The molecule has 1 amide bonds. The summed E-state index contributed by atoms with van der Waals surface area (Å²) in [7, 11) is 0. The van der Waals surface area contributed by atoms with Crippen molar-refractivity contribution in [2.24, 2.45) is 0 Å². The zero-order chi connectivity index (χ0) is 14.0. The monoisotopic (exact) mass is 327 g/mol. The zero-order valence-electron chi connectivity index (χ0n) is 11.9. The summed E-state index contributed by atoms with van der Waals surface area (Å²) in [6, 6.07) is 0.182. The molecular weight excluding hydrogens is 306 g/mol. The summed E-state index contributed by atoms with van der Waals surface area (Å²) < 4.78 is 2.77. The summed E-state index contributed by atoms with van der Waals surface area (Å²) in [5.74, 6) is 0.199. The minimum absolute atomic E-state index is 0.199. The van der Waals surface area contributed by atoms with Crippen LogP contribution >= 0.6 is 15.9 Å². The van der Waals surface area contributed by atoms with Gasteiger partial charge in [0.15, 0.2) is 0 Å². The molecule has 0 N–H and O–H groups in total. The Bertz CT molecular complexity index is 458. The molecule has 1 fully saturated rings. The molecular formula is C14H22BrN3O. The van der Waals surface area contributed by atoms with Crippen LogP contribution in [-0.2, 0) is 4.79 Å². The van der Waals surface area contributed by atoms with Gasteiger partial charge in [0.25, 0.3) is 0 Å². The van der Waals surface area contributed by atoms with Gasteiger partial charge in [-0.2, -0.15) is 5.10 Å². The summed E-state index contributed by atoms with van der Waals surface area (Å²) >= 11 is 3.45. The third-order valence-electron chi connectivity index (χ3n) is 4.09. The van der Waals surface area contributed by atoms with Crippen molar-refractivity contribution in [2.75, 3.05) is 6.54 Å². The molecule has 0 radical (unpaired) electrons. The van der Waals surface area contributed by atoms with Gasteiger partial charge >= 0.3 is 0 Å². The van der Waals surface area contributed by atoms with Crippen LogP contribution in [0, 0.1) is 6.92 Å². The molecule has 0 spiro atoms. The highest BCUT2D eigenvalue weighted by Gasteiger charge is 2.30. The number of halogens is 1. The van der Waals surface area contributed by atoms with Crippen LogP contribution in [0.5, 0.6) is 0 Å². The van der Waals surface area contributed by atoms with E-state index in [0.29, 0.717) is 6.04 Å². The van der Waals surface area contributed by atoms with Crippen LogP contribution in [0.3, 0.4) is 0 Å². The maximum Gasteiger partial charge on any atom is 0.247 e. The van der Waals surface area contributed by atoms with Crippen molar-refractivity contribution in [3.8, 4) is 0 Å². The molecule has 0 saturated carbocycles. The average Bonchev–Trinajstić information content (AvgIpc) is 2.77. The van der Waals surface area contributed by atoms with E-state index in [1.807, 2.05) is 18.5 Å². The highest BCUT2D eigenvalue weighted by atomic mass is 79.9. The second-order valence-electron chi connectivity index (χ2n) is 5.29. The van der Waals surface area contributed by atoms with E-state index in [0.717, 1.165) is 36.0 Å². The Morgan fingerprint density at radius 1 is 1.58 bits per heavy atom. The second-order valence-corrected chi connectivity index (χ2v) is 6.14. The minimum atomic E-state index is -0.224. The smallest absolute Gasteiger partial charge is 0.247 e. The van der Waals surface area contributed by atoms with Crippen molar-refractivity contribution in [1.29, 1.82) is 0 Å². The molecule has 1 aromatic rings. The van der Waals surface area contributed by atoms with Crippen LogP contribution in [0.1, 0.15) is 51.3 Å². The van der Waals surface area contributed by atoms with E-state index in [-0.39, 0.29) is 11.9 Å². The number of hydrogen-bond donors (Lipinski definition) is 0. The maximum atomic E-state index is 12.7. The normalized spacial score (nSPS) is 21.5. The number of nitrogens with zero attached hydrogens (tertiary/aromatic N) is 3. The van der Waals surface area contributed by atoms with Gasteiger partial charge in [-0.1, -0.05) is 6.92 Å². The molecule has 5 heteroatoms. The first-order chi connectivity index (χ1) is 9.06. The molecule has 106 valence electrons. The highest BCUT2D eigenvalue weighted by Crippen LogP contribution is 2.25. The SMILES string of the molecule is CC[C@@H]1CCCCN1C(=O)[C@H](C)n1ncc(Br)c1C. The van der Waals surface area contributed by atoms with Gasteiger partial charge in [0.05, 0.1) is 16.4 Å². The third kappa shape index (κ3) is 2.86. The fourth-order valence-electron chi connectivity index (χ4n) is 2.85. The Labute approximate surface area is 123 Å². The van der Waals surface area contributed by atoms with Gasteiger partial charge in [-0.3, -0.25) is 9.48 Å². The van der Waals surface area contributed by atoms with E-state index in [1.165, 1.54) is 6.42 Å². The van der Waals surface area contributed by atoms with Gasteiger partial charge in [0, 0.05) is 12.6 Å². The number of piperidine rings is 1. The van der Waals surface area contributed by atoms with E-state index >= 15 is 0 Å². The maximum absolute atomic E-state index is 12.7. The number of carbonyl (C=O) groups is 1. The quantitative estimate of drug-likeness (QED) is 0.854. The molecule has 19 heavy (non-hydrogen) atoms. The molecule has 1 saturated heterocycles. The van der Waals surface area contributed by atoms with E-state index in [4.69, 9.17) is 0 Å². The van der Waals surface area contributed by atoms with Gasteiger partial charge in [0.2, 0.25) is 5.91 Å². The van der Waals surface area contributed by atoms with Crippen molar-refractivity contribution in [1.82, 2.24) is 14.7 Å². The van der Waals surface area contributed by atoms with Crippen LogP contribution in [-0.4, -0.2) is 33.2 Å². The number of aromatic nitrogens is 2. The molecule has 2 rings (SSSR count). The van der Waals surface area contributed by atoms with E-state index in [1.54, 1.807) is 6.20 Å². The van der Waals surface area contributed by atoms with Gasteiger partial charge in [-0.05, 0) is 55.5 Å². The molecule has 0 unspecified atom stereocenters. The number of hydrogen-bond acceptors (Lipinski definition) is 2. The summed E-state index contributed by atoms with van der Waals surface area (Å²) in [6.45, 7) is 6.98. The summed E-state index contributed by atoms with van der Waals surface area (Å²) in [4.78, 5) is 14.7. The Kier molecular flexibility index (Phi) is 4.66. The number of amides is 1.